The summed E-state index contributed by atoms with van der Waals surface area (Å²) in [7, 11) is 0. The second-order valence-electron chi connectivity index (χ2n) is 4.61. The molecule has 0 saturated carbocycles. The van der Waals surface area contributed by atoms with Crippen LogP contribution >= 0.6 is 15.9 Å². The van der Waals surface area contributed by atoms with Gasteiger partial charge in [0.15, 0.2) is 0 Å². The van der Waals surface area contributed by atoms with E-state index in [4.69, 9.17) is 10.5 Å². The van der Waals surface area contributed by atoms with Crippen molar-refractivity contribution in [2.45, 2.75) is 26.4 Å². The molecule has 3 N–H and O–H groups in total. The topological polar surface area (TPSA) is 64.3 Å². The fourth-order valence-electron chi connectivity index (χ4n) is 1.55. The Morgan fingerprint density at radius 2 is 2.17 bits per heavy atom. The van der Waals surface area contributed by atoms with Crippen LogP contribution in [0.3, 0.4) is 0 Å². The molecule has 0 unspecified atom stereocenters. The first kappa shape index (κ1) is 15.0. The van der Waals surface area contributed by atoms with E-state index in [-0.39, 0.29) is 11.5 Å². The molecule has 4 nitrogen and oxygen atoms in total. The molecule has 0 spiro atoms. The lowest BCUT2D eigenvalue weighted by Gasteiger charge is -2.25. The smallest absolute Gasteiger partial charge is 0.252 e. The third-order valence-electron chi connectivity index (χ3n) is 2.44. The first-order valence-electron chi connectivity index (χ1n) is 5.83. The summed E-state index contributed by atoms with van der Waals surface area (Å²) >= 11 is 3.33. The fraction of sp³-hybridized carbons (Fsp3) is 0.462. The Morgan fingerprint density at radius 1 is 1.50 bits per heavy atom. The van der Waals surface area contributed by atoms with Gasteiger partial charge >= 0.3 is 0 Å². The quantitative estimate of drug-likeness (QED) is 0.821. The predicted molar refractivity (Wildman–Crippen MR) is 76.6 cm³/mol. The third kappa shape index (κ3) is 4.31. The summed E-state index contributed by atoms with van der Waals surface area (Å²) in [5.74, 6) is -0.165. The van der Waals surface area contributed by atoms with Gasteiger partial charge in [-0.3, -0.25) is 4.79 Å². The zero-order valence-corrected chi connectivity index (χ0v) is 12.5. The van der Waals surface area contributed by atoms with Crippen molar-refractivity contribution in [2.75, 3.05) is 18.9 Å². The Hall–Kier alpha value is -1.07. The molecule has 0 atom stereocenters. The SMILES string of the molecule is CCOC(C)(C)CNC(=O)c1cc(N)ccc1Br. The zero-order valence-electron chi connectivity index (χ0n) is 10.9. The van der Waals surface area contributed by atoms with Crippen LogP contribution in [0.5, 0.6) is 0 Å². The van der Waals surface area contributed by atoms with Gasteiger partial charge < -0.3 is 15.8 Å². The normalized spacial score (nSPS) is 11.3. The Balaban J connectivity index is 2.69. The number of hydrogen-bond donors (Lipinski definition) is 2. The first-order chi connectivity index (χ1) is 8.35. The molecular weight excluding hydrogens is 296 g/mol. The van der Waals surface area contributed by atoms with Crippen molar-refractivity contribution in [1.29, 1.82) is 0 Å². The molecule has 1 aromatic rings. The highest BCUT2D eigenvalue weighted by molar-refractivity contribution is 9.10. The van der Waals surface area contributed by atoms with Crippen LogP contribution in [0.4, 0.5) is 5.69 Å². The monoisotopic (exact) mass is 314 g/mol. The van der Waals surface area contributed by atoms with Crippen molar-refractivity contribution in [2.24, 2.45) is 0 Å². The molecule has 0 bridgehead atoms. The van der Waals surface area contributed by atoms with Gasteiger partial charge in [0.1, 0.15) is 0 Å². The highest BCUT2D eigenvalue weighted by Crippen LogP contribution is 2.19. The molecule has 0 aliphatic heterocycles. The van der Waals surface area contributed by atoms with Crippen molar-refractivity contribution in [1.82, 2.24) is 5.32 Å². The predicted octanol–water partition coefficient (Wildman–Crippen LogP) is 2.58. The van der Waals surface area contributed by atoms with Gasteiger partial charge in [-0.2, -0.15) is 0 Å². The summed E-state index contributed by atoms with van der Waals surface area (Å²) in [4.78, 5) is 12.0. The number of hydrogen-bond acceptors (Lipinski definition) is 3. The molecular formula is C13H19BrN2O2. The van der Waals surface area contributed by atoms with Crippen molar-refractivity contribution in [3.63, 3.8) is 0 Å². The number of carbonyl (C=O) groups excluding carboxylic acids is 1. The average molecular weight is 315 g/mol. The Kier molecular flexibility index (Phi) is 5.16. The lowest BCUT2D eigenvalue weighted by atomic mass is 10.1. The van der Waals surface area contributed by atoms with E-state index in [1.54, 1.807) is 18.2 Å². The Bertz CT molecular complexity index is 433. The number of nitrogens with one attached hydrogen (secondary N) is 1. The molecule has 0 aromatic heterocycles. The molecule has 0 radical (unpaired) electrons. The van der Waals surface area contributed by atoms with Gasteiger partial charge in [0.2, 0.25) is 0 Å². The van der Waals surface area contributed by atoms with Gasteiger partial charge in [-0.25, -0.2) is 0 Å². The highest BCUT2D eigenvalue weighted by Gasteiger charge is 2.19. The lowest BCUT2D eigenvalue weighted by Crippen LogP contribution is -2.40. The van der Waals surface area contributed by atoms with Gasteiger partial charge in [0, 0.05) is 23.3 Å². The summed E-state index contributed by atoms with van der Waals surface area (Å²) in [5, 5.41) is 2.84. The van der Waals surface area contributed by atoms with Crippen LogP contribution in [0.25, 0.3) is 0 Å². The van der Waals surface area contributed by atoms with Crippen molar-refractivity contribution >= 4 is 27.5 Å². The summed E-state index contributed by atoms with van der Waals surface area (Å²) < 4.78 is 6.24. The van der Waals surface area contributed by atoms with E-state index in [2.05, 4.69) is 21.2 Å². The molecule has 100 valence electrons. The number of anilines is 1. The minimum absolute atomic E-state index is 0.165. The van der Waals surface area contributed by atoms with Crippen LogP contribution in [0.15, 0.2) is 22.7 Å². The van der Waals surface area contributed by atoms with Gasteiger partial charge in [-0.05, 0) is 54.9 Å². The van der Waals surface area contributed by atoms with E-state index in [0.29, 0.717) is 24.4 Å². The fourth-order valence-corrected chi connectivity index (χ4v) is 1.97. The number of nitrogens with two attached hydrogens (primary N) is 1. The van der Waals surface area contributed by atoms with E-state index in [0.717, 1.165) is 4.47 Å². The van der Waals surface area contributed by atoms with Crippen LogP contribution in [0.2, 0.25) is 0 Å². The number of amides is 1. The maximum atomic E-state index is 12.0. The van der Waals surface area contributed by atoms with E-state index in [9.17, 15) is 4.79 Å². The second-order valence-corrected chi connectivity index (χ2v) is 5.47. The molecule has 18 heavy (non-hydrogen) atoms. The Labute approximate surface area is 116 Å². The molecule has 0 saturated heterocycles. The molecule has 1 aromatic carbocycles. The van der Waals surface area contributed by atoms with Crippen LogP contribution < -0.4 is 11.1 Å². The largest absolute Gasteiger partial charge is 0.399 e. The van der Waals surface area contributed by atoms with Crippen molar-refractivity contribution in [3.05, 3.63) is 28.2 Å². The van der Waals surface area contributed by atoms with Gasteiger partial charge in [-0.1, -0.05) is 0 Å². The highest BCUT2D eigenvalue weighted by atomic mass is 79.9. The number of halogens is 1. The lowest BCUT2D eigenvalue weighted by molar-refractivity contribution is -0.00815. The van der Waals surface area contributed by atoms with Gasteiger partial charge in [0.05, 0.1) is 11.2 Å². The number of rotatable bonds is 5. The van der Waals surface area contributed by atoms with Gasteiger partial charge in [-0.15, -0.1) is 0 Å². The summed E-state index contributed by atoms with van der Waals surface area (Å²) in [5.41, 5.74) is 6.38. The Morgan fingerprint density at radius 3 is 2.78 bits per heavy atom. The van der Waals surface area contributed by atoms with E-state index in [1.165, 1.54) is 0 Å². The molecule has 1 amide bonds. The number of benzene rings is 1. The summed E-state index contributed by atoms with van der Waals surface area (Å²) in [6, 6.07) is 5.15. The minimum atomic E-state index is -0.378. The number of nitrogen functional groups attached to an aromatic ring is 1. The van der Waals surface area contributed by atoms with Gasteiger partial charge in [0.25, 0.3) is 5.91 Å². The van der Waals surface area contributed by atoms with Crippen molar-refractivity contribution < 1.29 is 9.53 Å². The summed E-state index contributed by atoms with van der Waals surface area (Å²) in [6.45, 7) is 6.86. The van der Waals surface area contributed by atoms with E-state index >= 15 is 0 Å². The maximum absolute atomic E-state index is 12.0. The van der Waals surface area contributed by atoms with Crippen LogP contribution in [-0.4, -0.2) is 24.7 Å². The first-order valence-corrected chi connectivity index (χ1v) is 6.62. The third-order valence-corrected chi connectivity index (χ3v) is 3.14. The van der Waals surface area contributed by atoms with Crippen LogP contribution in [-0.2, 0) is 4.74 Å². The molecule has 0 heterocycles. The summed E-state index contributed by atoms with van der Waals surface area (Å²) in [6.07, 6.45) is 0. The standard InChI is InChI=1S/C13H19BrN2O2/c1-4-18-13(2,3)8-16-12(17)10-7-9(15)5-6-11(10)14/h5-7H,4,8,15H2,1-3H3,(H,16,17). The molecule has 0 aliphatic carbocycles. The van der Waals surface area contributed by atoms with E-state index < -0.39 is 0 Å². The second kappa shape index (κ2) is 6.20. The van der Waals surface area contributed by atoms with Crippen LogP contribution in [0, 0.1) is 0 Å². The molecule has 0 fully saturated rings. The minimum Gasteiger partial charge on any atom is -0.399 e. The maximum Gasteiger partial charge on any atom is 0.252 e. The molecule has 5 heteroatoms. The molecule has 1 rings (SSSR count). The van der Waals surface area contributed by atoms with Crippen molar-refractivity contribution in [3.8, 4) is 0 Å². The van der Waals surface area contributed by atoms with E-state index in [1.807, 2.05) is 20.8 Å². The average Bonchev–Trinajstić information content (AvgIpc) is 2.29. The number of carbonyl (C=O) groups is 1. The molecule has 0 aliphatic rings. The van der Waals surface area contributed by atoms with Crippen LogP contribution in [0.1, 0.15) is 31.1 Å². The number of ether oxygens (including phenoxy) is 1. The zero-order chi connectivity index (χ0) is 13.8.